The fraction of sp³-hybridized carbons (Fsp3) is 0.222. The Hall–Kier alpha value is -3.00. The number of carbonyl (C=O) groups is 2. The van der Waals surface area contributed by atoms with E-state index in [-0.39, 0.29) is 18.2 Å². The van der Waals surface area contributed by atoms with Gasteiger partial charge in [0.05, 0.1) is 11.6 Å². The Balaban J connectivity index is 1.48. The quantitative estimate of drug-likeness (QED) is 0.764. The molecule has 8 heteroatoms. The zero-order chi connectivity index (χ0) is 18.1. The molecule has 1 unspecified atom stereocenters. The molecule has 4 rings (SSSR count). The molecule has 26 heavy (non-hydrogen) atoms. The molecule has 3 aromatic rings. The zero-order valence-corrected chi connectivity index (χ0v) is 14.8. The Morgan fingerprint density at radius 3 is 2.85 bits per heavy atom. The van der Waals surface area contributed by atoms with Crippen LogP contribution in [0.2, 0.25) is 0 Å². The first-order valence-electron chi connectivity index (χ1n) is 8.16. The van der Waals surface area contributed by atoms with Crippen LogP contribution in [0.5, 0.6) is 0 Å². The summed E-state index contributed by atoms with van der Waals surface area (Å²) in [7, 11) is 0. The van der Waals surface area contributed by atoms with Gasteiger partial charge in [0.25, 0.3) is 5.89 Å². The number of hydrogen-bond donors (Lipinski definition) is 1. The van der Waals surface area contributed by atoms with E-state index in [2.05, 4.69) is 15.5 Å². The summed E-state index contributed by atoms with van der Waals surface area (Å²) >= 11 is 1.41. The van der Waals surface area contributed by atoms with Gasteiger partial charge in [0.2, 0.25) is 11.8 Å². The second kappa shape index (κ2) is 6.72. The van der Waals surface area contributed by atoms with E-state index < -0.39 is 5.92 Å². The fourth-order valence-electron chi connectivity index (χ4n) is 2.94. The maximum Gasteiger partial charge on any atom is 0.270 e. The highest BCUT2D eigenvalue weighted by Gasteiger charge is 2.35. The van der Waals surface area contributed by atoms with Gasteiger partial charge in [-0.3, -0.25) is 9.59 Å². The summed E-state index contributed by atoms with van der Waals surface area (Å²) in [5, 5.41) is 8.53. The molecule has 1 aromatic carbocycles. The molecule has 0 saturated carbocycles. The molecule has 0 bridgehead atoms. The monoisotopic (exact) mass is 368 g/mol. The lowest BCUT2D eigenvalue weighted by Gasteiger charge is -2.16. The van der Waals surface area contributed by atoms with Crippen molar-refractivity contribution >= 4 is 34.5 Å². The molecule has 1 fully saturated rings. The summed E-state index contributed by atoms with van der Waals surface area (Å²) < 4.78 is 5.18. The summed E-state index contributed by atoms with van der Waals surface area (Å²) in [6.45, 7) is 2.11. The number of carbonyl (C=O) groups excluding carboxylic acids is 2. The number of nitrogens with zero attached hydrogens (tertiary/aromatic N) is 3. The highest BCUT2D eigenvalue weighted by atomic mass is 32.1. The maximum absolute atomic E-state index is 12.7. The number of hydrogen-bond acceptors (Lipinski definition) is 6. The van der Waals surface area contributed by atoms with E-state index >= 15 is 0 Å². The first-order chi connectivity index (χ1) is 12.6. The predicted molar refractivity (Wildman–Crippen MR) is 97.9 cm³/mol. The van der Waals surface area contributed by atoms with Gasteiger partial charge < -0.3 is 14.7 Å². The number of aryl methyl sites for hydroxylation is 1. The van der Waals surface area contributed by atoms with Crippen LogP contribution in [0.15, 0.2) is 46.3 Å². The second-order valence-electron chi connectivity index (χ2n) is 6.04. The Labute approximate surface area is 153 Å². The molecule has 1 atom stereocenters. The number of rotatable bonds is 4. The Morgan fingerprint density at radius 2 is 2.12 bits per heavy atom. The molecular weight excluding hydrogens is 352 g/mol. The second-order valence-corrected chi connectivity index (χ2v) is 6.96. The molecule has 3 heterocycles. The highest BCUT2D eigenvalue weighted by Crippen LogP contribution is 2.33. The molecule has 0 aliphatic carbocycles. The molecule has 1 N–H and O–H groups in total. The van der Waals surface area contributed by atoms with Crippen LogP contribution in [-0.4, -0.2) is 28.5 Å². The van der Waals surface area contributed by atoms with Crippen LogP contribution >= 0.6 is 11.3 Å². The number of anilines is 2. The number of aromatic nitrogens is 2. The smallest absolute Gasteiger partial charge is 0.270 e. The van der Waals surface area contributed by atoms with Crippen molar-refractivity contribution in [2.75, 3.05) is 16.8 Å². The van der Waals surface area contributed by atoms with Crippen LogP contribution in [0.1, 0.15) is 12.2 Å². The average Bonchev–Trinajstić information content (AvgIpc) is 3.35. The number of thiophene rings is 1. The summed E-state index contributed by atoms with van der Waals surface area (Å²) in [6, 6.07) is 11.2. The van der Waals surface area contributed by atoms with Crippen molar-refractivity contribution in [1.82, 2.24) is 10.1 Å². The normalized spacial score (nSPS) is 16.9. The van der Waals surface area contributed by atoms with Gasteiger partial charge in [0.15, 0.2) is 5.82 Å². The molecule has 0 radical (unpaired) electrons. The third-order valence-corrected chi connectivity index (χ3v) is 5.11. The summed E-state index contributed by atoms with van der Waals surface area (Å²) in [4.78, 5) is 31.5. The van der Waals surface area contributed by atoms with E-state index in [4.69, 9.17) is 4.52 Å². The lowest BCUT2D eigenvalue weighted by molar-refractivity contribution is -0.122. The molecule has 1 aliphatic rings. The molecule has 0 spiro atoms. The minimum Gasteiger partial charge on any atom is -0.333 e. The van der Waals surface area contributed by atoms with Crippen molar-refractivity contribution < 1.29 is 14.1 Å². The Morgan fingerprint density at radius 1 is 1.31 bits per heavy atom. The molecule has 2 amide bonds. The van der Waals surface area contributed by atoms with Crippen LogP contribution in [0.4, 0.5) is 11.4 Å². The van der Waals surface area contributed by atoms with E-state index in [0.29, 0.717) is 28.8 Å². The van der Waals surface area contributed by atoms with Gasteiger partial charge in [-0.15, -0.1) is 11.3 Å². The van der Waals surface area contributed by atoms with Crippen molar-refractivity contribution in [2.24, 2.45) is 5.92 Å². The first-order valence-corrected chi connectivity index (χ1v) is 9.04. The van der Waals surface area contributed by atoms with E-state index in [1.807, 2.05) is 35.7 Å². The van der Waals surface area contributed by atoms with E-state index in [0.717, 1.165) is 5.69 Å². The summed E-state index contributed by atoms with van der Waals surface area (Å²) in [6.07, 6.45) is 0.194. The highest BCUT2D eigenvalue weighted by molar-refractivity contribution is 7.14. The van der Waals surface area contributed by atoms with E-state index in [1.165, 1.54) is 11.3 Å². The van der Waals surface area contributed by atoms with Crippen molar-refractivity contribution in [3.8, 4) is 10.8 Å². The Bertz CT molecular complexity index is 950. The maximum atomic E-state index is 12.7. The number of benzene rings is 1. The molecule has 2 aromatic heterocycles. The zero-order valence-electron chi connectivity index (χ0n) is 14.0. The van der Waals surface area contributed by atoms with Gasteiger partial charge in [-0.2, -0.15) is 4.98 Å². The first kappa shape index (κ1) is 16.5. The van der Waals surface area contributed by atoms with Crippen LogP contribution < -0.4 is 10.2 Å². The van der Waals surface area contributed by atoms with Crippen LogP contribution in [0, 0.1) is 12.8 Å². The van der Waals surface area contributed by atoms with E-state index in [9.17, 15) is 9.59 Å². The minimum absolute atomic E-state index is 0.0468. The average molecular weight is 368 g/mol. The lowest BCUT2D eigenvalue weighted by atomic mass is 10.1. The fourth-order valence-corrected chi connectivity index (χ4v) is 3.71. The lowest BCUT2D eigenvalue weighted by Crippen LogP contribution is -2.28. The predicted octanol–water partition coefficient (Wildman–Crippen LogP) is 3.10. The van der Waals surface area contributed by atoms with Crippen LogP contribution in [0.25, 0.3) is 10.8 Å². The molecule has 1 aliphatic heterocycles. The van der Waals surface area contributed by atoms with E-state index in [1.54, 1.807) is 17.9 Å². The molecular formula is C18H16N4O3S. The van der Waals surface area contributed by atoms with Gasteiger partial charge in [-0.1, -0.05) is 23.4 Å². The largest absolute Gasteiger partial charge is 0.333 e. The number of para-hydroxylation sites is 1. The number of nitrogens with one attached hydrogen (secondary N) is 1. The van der Waals surface area contributed by atoms with Crippen molar-refractivity contribution in [3.63, 3.8) is 0 Å². The molecule has 132 valence electrons. The van der Waals surface area contributed by atoms with Gasteiger partial charge in [-0.25, -0.2) is 0 Å². The van der Waals surface area contributed by atoms with Crippen molar-refractivity contribution in [1.29, 1.82) is 0 Å². The number of amides is 2. The van der Waals surface area contributed by atoms with Gasteiger partial charge in [0, 0.05) is 18.7 Å². The standard InChI is InChI=1S/C18H16N4O3S/c1-11-19-18(25-21-11)16-14(7-8-26-16)20-17(24)12-9-15(23)22(10-12)13-5-3-2-4-6-13/h2-8,12H,9-10H2,1H3,(H,20,24). The van der Waals surface area contributed by atoms with Crippen LogP contribution in [0.3, 0.4) is 0 Å². The van der Waals surface area contributed by atoms with Crippen molar-refractivity contribution in [2.45, 2.75) is 13.3 Å². The molecule has 1 saturated heterocycles. The van der Waals surface area contributed by atoms with Gasteiger partial charge >= 0.3 is 0 Å². The third kappa shape index (κ3) is 3.11. The third-order valence-electron chi connectivity index (χ3n) is 4.21. The van der Waals surface area contributed by atoms with Gasteiger partial charge in [-0.05, 0) is 30.5 Å². The van der Waals surface area contributed by atoms with Gasteiger partial charge in [0.1, 0.15) is 4.88 Å². The van der Waals surface area contributed by atoms with Crippen molar-refractivity contribution in [3.05, 3.63) is 47.6 Å². The summed E-state index contributed by atoms with van der Waals surface area (Å²) in [5.74, 6) is 0.272. The SMILES string of the molecule is Cc1noc(-c2sccc2NC(=O)C2CC(=O)N(c3ccccc3)C2)n1. The molecule has 7 nitrogen and oxygen atoms in total. The minimum atomic E-state index is -0.403. The van der Waals surface area contributed by atoms with Crippen LogP contribution in [-0.2, 0) is 9.59 Å². The summed E-state index contributed by atoms with van der Waals surface area (Å²) in [5.41, 5.74) is 1.43. The topological polar surface area (TPSA) is 88.3 Å². The Kier molecular flexibility index (Phi) is 4.26.